The molecule has 1 aromatic heterocycles. The van der Waals surface area contributed by atoms with Crippen molar-refractivity contribution in [3.63, 3.8) is 0 Å². The number of aryl methyl sites for hydroxylation is 2. The van der Waals surface area contributed by atoms with Gasteiger partial charge in [-0.05, 0) is 37.6 Å². The Morgan fingerprint density at radius 3 is 2.52 bits per heavy atom. The van der Waals surface area contributed by atoms with Gasteiger partial charge in [0.15, 0.2) is 0 Å². The molecule has 0 bridgehead atoms. The van der Waals surface area contributed by atoms with Crippen molar-refractivity contribution >= 4 is 17.7 Å². The smallest absolute Gasteiger partial charge is 0.317 e. The molecule has 1 amide bonds. The molecule has 0 radical (unpaired) electrons. The third-order valence-electron chi connectivity index (χ3n) is 4.38. The molecule has 0 unspecified atom stereocenters. The maximum atomic E-state index is 12.6. The molecule has 0 spiro atoms. The number of carbonyl (C=O) groups excluding carboxylic acids is 1. The van der Waals surface area contributed by atoms with Crippen LogP contribution in [0.15, 0.2) is 35.2 Å². The summed E-state index contributed by atoms with van der Waals surface area (Å²) in [6.07, 6.45) is 1.20. The second-order valence-corrected chi connectivity index (χ2v) is 8.94. The zero-order valence-corrected chi connectivity index (χ0v) is 17.3. The fraction of sp³-hybridized carbons (Fsp3) is 0.476. The van der Waals surface area contributed by atoms with Crippen molar-refractivity contribution in [3.05, 3.63) is 47.3 Å². The summed E-state index contributed by atoms with van der Waals surface area (Å²) in [5, 5.41) is 0.556. The minimum Gasteiger partial charge on any atom is -0.458 e. The minimum atomic E-state index is -0.0417. The summed E-state index contributed by atoms with van der Waals surface area (Å²) in [6.45, 7) is 9.52. The van der Waals surface area contributed by atoms with E-state index in [4.69, 9.17) is 4.74 Å². The van der Waals surface area contributed by atoms with Crippen LogP contribution in [0.25, 0.3) is 0 Å². The van der Waals surface area contributed by atoms with E-state index in [0.29, 0.717) is 24.2 Å². The topological polar surface area (TPSA) is 55.3 Å². The summed E-state index contributed by atoms with van der Waals surface area (Å²) in [6, 6.07) is 10.6. The number of hydrogen-bond acceptors (Lipinski definition) is 5. The summed E-state index contributed by atoms with van der Waals surface area (Å²) in [4.78, 5) is 24.4. The van der Waals surface area contributed by atoms with Gasteiger partial charge in [0.2, 0.25) is 5.91 Å². The first-order valence-electron chi connectivity index (χ1n) is 9.41. The Kier molecular flexibility index (Phi) is 6.37. The number of amides is 1. The van der Waals surface area contributed by atoms with Crippen LogP contribution >= 0.6 is 11.8 Å². The van der Waals surface area contributed by atoms with Crippen molar-refractivity contribution in [3.8, 4) is 6.01 Å². The van der Waals surface area contributed by atoms with Crippen LogP contribution in [-0.2, 0) is 11.2 Å². The number of aromatic nitrogens is 2. The van der Waals surface area contributed by atoms with E-state index >= 15 is 0 Å². The highest BCUT2D eigenvalue weighted by atomic mass is 32.2. The van der Waals surface area contributed by atoms with Gasteiger partial charge in [0.05, 0.1) is 13.0 Å². The Labute approximate surface area is 165 Å². The first-order valence-corrected chi connectivity index (χ1v) is 10.3. The Balaban J connectivity index is 1.52. The van der Waals surface area contributed by atoms with Crippen molar-refractivity contribution < 1.29 is 9.53 Å². The van der Waals surface area contributed by atoms with Crippen molar-refractivity contribution in [2.24, 2.45) is 0 Å². The van der Waals surface area contributed by atoms with Gasteiger partial charge in [-0.2, -0.15) is 0 Å². The van der Waals surface area contributed by atoms with Crippen molar-refractivity contribution in [2.45, 2.75) is 56.8 Å². The monoisotopic (exact) mass is 385 g/mol. The predicted molar refractivity (Wildman–Crippen MR) is 108 cm³/mol. The number of ether oxygens (including phenoxy) is 1. The number of carbonyl (C=O) groups is 1. The lowest BCUT2D eigenvalue weighted by atomic mass is 10.1. The Hall–Kier alpha value is -2.08. The van der Waals surface area contributed by atoms with E-state index in [-0.39, 0.29) is 12.0 Å². The molecule has 0 aliphatic carbocycles. The van der Waals surface area contributed by atoms with E-state index in [1.807, 2.05) is 36.6 Å². The van der Waals surface area contributed by atoms with Gasteiger partial charge in [-0.15, -0.1) is 11.8 Å². The SMILES string of the molecule is Cc1cc(C)nc(O[C@@H]2CCN(C(=O)Cc3ccc(SC(C)C)cc3)C2)n1. The Bertz CT molecular complexity index is 772. The number of likely N-dealkylation sites (tertiary alicyclic amines) is 1. The fourth-order valence-corrected chi connectivity index (χ4v) is 4.03. The van der Waals surface area contributed by atoms with E-state index in [2.05, 4.69) is 48.1 Å². The molecule has 27 heavy (non-hydrogen) atoms. The molecule has 0 saturated carbocycles. The van der Waals surface area contributed by atoms with Gasteiger partial charge in [-0.1, -0.05) is 26.0 Å². The lowest BCUT2D eigenvalue weighted by Crippen LogP contribution is -2.32. The third-order valence-corrected chi connectivity index (χ3v) is 5.40. The summed E-state index contributed by atoms with van der Waals surface area (Å²) in [5.41, 5.74) is 2.83. The van der Waals surface area contributed by atoms with Crippen LogP contribution in [0.3, 0.4) is 0 Å². The summed E-state index contributed by atoms with van der Waals surface area (Å²) in [5.74, 6) is 0.145. The molecule has 1 aromatic carbocycles. The van der Waals surface area contributed by atoms with Crippen LogP contribution in [-0.4, -0.2) is 45.2 Å². The quantitative estimate of drug-likeness (QED) is 0.708. The van der Waals surface area contributed by atoms with Crippen LogP contribution in [0, 0.1) is 13.8 Å². The highest BCUT2D eigenvalue weighted by Crippen LogP contribution is 2.23. The minimum absolute atomic E-state index is 0.0417. The van der Waals surface area contributed by atoms with E-state index in [0.717, 1.165) is 29.9 Å². The van der Waals surface area contributed by atoms with Crippen molar-refractivity contribution in [1.29, 1.82) is 0 Å². The van der Waals surface area contributed by atoms with Gasteiger partial charge < -0.3 is 9.64 Å². The molecule has 1 fully saturated rings. The van der Waals surface area contributed by atoms with Crippen molar-refractivity contribution in [1.82, 2.24) is 14.9 Å². The molecule has 2 aromatic rings. The molecule has 0 N–H and O–H groups in total. The van der Waals surface area contributed by atoms with E-state index in [9.17, 15) is 4.79 Å². The molecule has 144 valence electrons. The maximum absolute atomic E-state index is 12.6. The molecule has 3 rings (SSSR count). The number of benzene rings is 1. The number of hydrogen-bond donors (Lipinski definition) is 0. The normalized spacial score (nSPS) is 16.8. The van der Waals surface area contributed by atoms with E-state index in [1.165, 1.54) is 4.90 Å². The first kappa shape index (κ1) is 19.7. The van der Waals surface area contributed by atoms with Crippen LogP contribution in [0.5, 0.6) is 6.01 Å². The highest BCUT2D eigenvalue weighted by Gasteiger charge is 2.28. The summed E-state index contributed by atoms with van der Waals surface area (Å²) < 4.78 is 5.90. The molecule has 1 saturated heterocycles. The first-order chi connectivity index (χ1) is 12.9. The molecule has 2 heterocycles. The second kappa shape index (κ2) is 8.74. The van der Waals surface area contributed by atoms with Crippen molar-refractivity contribution in [2.75, 3.05) is 13.1 Å². The average Bonchev–Trinajstić information content (AvgIpc) is 3.04. The molecule has 5 nitrogen and oxygen atoms in total. The van der Waals surface area contributed by atoms with E-state index in [1.54, 1.807) is 0 Å². The number of nitrogens with zero attached hydrogens (tertiary/aromatic N) is 3. The highest BCUT2D eigenvalue weighted by molar-refractivity contribution is 7.99. The van der Waals surface area contributed by atoms with E-state index < -0.39 is 0 Å². The van der Waals surface area contributed by atoms with Crippen LogP contribution < -0.4 is 4.74 Å². The van der Waals surface area contributed by atoms with Gasteiger partial charge in [0.25, 0.3) is 0 Å². The molecule has 6 heteroatoms. The zero-order chi connectivity index (χ0) is 19.4. The molecular formula is C21H27N3O2S. The number of rotatable bonds is 6. The average molecular weight is 386 g/mol. The molecule has 1 atom stereocenters. The maximum Gasteiger partial charge on any atom is 0.317 e. The van der Waals surface area contributed by atoms with Gasteiger partial charge in [0.1, 0.15) is 6.10 Å². The summed E-state index contributed by atoms with van der Waals surface area (Å²) >= 11 is 1.83. The summed E-state index contributed by atoms with van der Waals surface area (Å²) in [7, 11) is 0. The fourth-order valence-electron chi connectivity index (χ4n) is 3.19. The van der Waals surface area contributed by atoms with Gasteiger partial charge in [-0.3, -0.25) is 4.79 Å². The zero-order valence-electron chi connectivity index (χ0n) is 16.4. The van der Waals surface area contributed by atoms with Crippen LogP contribution in [0.4, 0.5) is 0 Å². The lowest BCUT2D eigenvalue weighted by Gasteiger charge is -2.17. The molecule has 1 aliphatic rings. The predicted octanol–water partition coefficient (Wildman–Crippen LogP) is 3.82. The van der Waals surface area contributed by atoms with Crippen LogP contribution in [0.1, 0.15) is 37.2 Å². The Morgan fingerprint density at radius 2 is 1.89 bits per heavy atom. The standard InChI is InChI=1S/C21H27N3O2S/c1-14(2)27-19-7-5-17(6-8-19)12-20(25)24-10-9-18(13-24)26-21-22-15(3)11-16(4)23-21/h5-8,11,14,18H,9-10,12-13H2,1-4H3/t18-/m1/s1. The largest absolute Gasteiger partial charge is 0.458 e. The molecule has 1 aliphatic heterocycles. The number of thioether (sulfide) groups is 1. The third kappa shape index (κ3) is 5.70. The second-order valence-electron chi connectivity index (χ2n) is 7.29. The van der Waals surface area contributed by atoms with Gasteiger partial charge in [0, 0.05) is 34.5 Å². The lowest BCUT2D eigenvalue weighted by molar-refractivity contribution is -0.129. The van der Waals surface area contributed by atoms with Gasteiger partial charge >= 0.3 is 6.01 Å². The van der Waals surface area contributed by atoms with Crippen LogP contribution in [0.2, 0.25) is 0 Å². The Morgan fingerprint density at radius 1 is 1.22 bits per heavy atom. The van der Waals surface area contributed by atoms with Gasteiger partial charge in [-0.25, -0.2) is 9.97 Å². The molecular weight excluding hydrogens is 358 g/mol.